The molecule has 0 unspecified atom stereocenters. The molecule has 4 aromatic rings. The largest absolute Gasteiger partial charge is 0.494 e. The molecule has 0 saturated heterocycles. The summed E-state index contributed by atoms with van der Waals surface area (Å²) in [6, 6.07) is 11.5. The number of aromatic nitrogens is 6. The quantitative estimate of drug-likeness (QED) is 0.464. The van der Waals surface area contributed by atoms with Gasteiger partial charge in [-0.3, -0.25) is 0 Å². The molecule has 0 fully saturated rings. The molecule has 1 atom stereocenters. The number of thiophene rings is 1. The second kappa shape index (κ2) is 7.26. The second-order valence-corrected chi connectivity index (χ2v) is 7.48. The van der Waals surface area contributed by atoms with Gasteiger partial charge in [-0.2, -0.15) is 4.68 Å². The molecule has 132 valence electrons. The van der Waals surface area contributed by atoms with E-state index < -0.39 is 0 Å². The maximum atomic E-state index is 5.79. The molecule has 0 N–H and O–H groups in total. The van der Waals surface area contributed by atoms with Gasteiger partial charge in [0.15, 0.2) is 0 Å². The fourth-order valence-electron chi connectivity index (χ4n) is 2.32. The number of para-hydroxylation sites is 2. The molecule has 26 heavy (non-hydrogen) atoms. The van der Waals surface area contributed by atoms with E-state index in [9.17, 15) is 0 Å². The first-order valence-corrected chi connectivity index (χ1v) is 9.48. The maximum Gasteiger partial charge on any atom is 0.257 e. The maximum absolute atomic E-state index is 5.79. The Morgan fingerprint density at radius 3 is 2.85 bits per heavy atom. The van der Waals surface area contributed by atoms with E-state index in [1.54, 1.807) is 23.1 Å². The summed E-state index contributed by atoms with van der Waals surface area (Å²) in [6.45, 7) is 1.97. The molecule has 8 nitrogen and oxygen atoms in total. The van der Waals surface area contributed by atoms with Crippen molar-refractivity contribution in [2.45, 2.75) is 17.3 Å². The molecule has 0 aliphatic rings. The van der Waals surface area contributed by atoms with Crippen molar-refractivity contribution < 1.29 is 9.15 Å². The summed E-state index contributed by atoms with van der Waals surface area (Å²) in [4.78, 5) is 0.944. The van der Waals surface area contributed by atoms with E-state index in [4.69, 9.17) is 9.15 Å². The lowest BCUT2D eigenvalue weighted by atomic mass is 10.3. The summed E-state index contributed by atoms with van der Waals surface area (Å²) in [5.74, 6) is 1.73. The zero-order chi connectivity index (χ0) is 17.9. The fourth-order valence-corrected chi connectivity index (χ4v) is 3.79. The van der Waals surface area contributed by atoms with Crippen molar-refractivity contribution in [3.63, 3.8) is 0 Å². The number of thioether (sulfide) groups is 1. The van der Waals surface area contributed by atoms with Crippen LogP contribution in [0.25, 0.3) is 16.5 Å². The van der Waals surface area contributed by atoms with E-state index in [1.165, 1.54) is 11.8 Å². The van der Waals surface area contributed by atoms with Crippen molar-refractivity contribution in [2.24, 2.45) is 0 Å². The first kappa shape index (κ1) is 16.7. The Labute approximate surface area is 157 Å². The topological polar surface area (TPSA) is 91.8 Å². The van der Waals surface area contributed by atoms with E-state index in [-0.39, 0.29) is 5.25 Å². The highest BCUT2D eigenvalue weighted by Gasteiger charge is 2.21. The molecule has 0 saturated carbocycles. The van der Waals surface area contributed by atoms with E-state index in [1.807, 2.05) is 48.7 Å². The highest BCUT2D eigenvalue weighted by atomic mass is 32.2. The van der Waals surface area contributed by atoms with Crippen LogP contribution in [0.4, 0.5) is 0 Å². The van der Waals surface area contributed by atoms with Crippen molar-refractivity contribution in [1.82, 2.24) is 30.4 Å². The highest BCUT2D eigenvalue weighted by molar-refractivity contribution is 7.99. The molecule has 0 amide bonds. The minimum Gasteiger partial charge on any atom is -0.494 e. The molecule has 3 heterocycles. The van der Waals surface area contributed by atoms with Gasteiger partial charge in [0.1, 0.15) is 11.4 Å². The number of benzene rings is 1. The smallest absolute Gasteiger partial charge is 0.257 e. The first-order chi connectivity index (χ1) is 12.8. The van der Waals surface area contributed by atoms with E-state index in [2.05, 4.69) is 25.7 Å². The highest BCUT2D eigenvalue weighted by Crippen LogP contribution is 2.36. The average molecular weight is 386 g/mol. The summed E-state index contributed by atoms with van der Waals surface area (Å²) in [5.41, 5.74) is 0.763. The monoisotopic (exact) mass is 386 g/mol. The Hall–Kier alpha value is -2.72. The van der Waals surface area contributed by atoms with Gasteiger partial charge < -0.3 is 9.15 Å². The third-order valence-corrected chi connectivity index (χ3v) is 5.44. The van der Waals surface area contributed by atoms with Crippen molar-refractivity contribution in [3.05, 3.63) is 47.7 Å². The van der Waals surface area contributed by atoms with Gasteiger partial charge in [0.2, 0.25) is 11.0 Å². The molecule has 0 radical (unpaired) electrons. The van der Waals surface area contributed by atoms with Crippen LogP contribution in [0.3, 0.4) is 0 Å². The Morgan fingerprint density at radius 1 is 1.15 bits per heavy atom. The van der Waals surface area contributed by atoms with E-state index in [0.29, 0.717) is 22.7 Å². The Balaban J connectivity index is 1.58. The molecule has 10 heteroatoms. The number of rotatable bonds is 6. The van der Waals surface area contributed by atoms with Crippen LogP contribution < -0.4 is 4.74 Å². The van der Waals surface area contributed by atoms with Gasteiger partial charge in [-0.15, -0.1) is 26.6 Å². The van der Waals surface area contributed by atoms with Gasteiger partial charge in [-0.1, -0.05) is 30.0 Å². The van der Waals surface area contributed by atoms with Gasteiger partial charge in [0.25, 0.3) is 5.89 Å². The van der Waals surface area contributed by atoms with E-state index in [0.717, 1.165) is 10.6 Å². The van der Waals surface area contributed by atoms with Crippen LogP contribution in [0.1, 0.15) is 18.1 Å². The van der Waals surface area contributed by atoms with Crippen molar-refractivity contribution in [2.75, 3.05) is 7.11 Å². The van der Waals surface area contributed by atoms with E-state index >= 15 is 0 Å². The molecule has 3 aromatic heterocycles. The summed E-state index contributed by atoms with van der Waals surface area (Å²) in [6.07, 6.45) is 0. The second-order valence-electron chi connectivity index (χ2n) is 5.23. The van der Waals surface area contributed by atoms with Crippen molar-refractivity contribution in [3.8, 4) is 22.2 Å². The summed E-state index contributed by atoms with van der Waals surface area (Å²) in [7, 11) is 1.61. The molecule has 0 bridgehead atoms. The summed E-state index contributed by atoms with van der Waals surface area (Å²) in [5, 5.41) is 22.7. The molecule has 0 aliphatic carbocycles. The normalized spacial score (nSPS) is 12.2. The molecular weight excluding hydrogens is 372 g/mol. The molecule has 0 spiro atoms. The Bertz CT molecular complexity index is 998. The number of hydrogen-bond acceptors (Lipinski definition) is 9. The zero-order valence-corrected chi connectivity index (χ0v) is 15.6. The third-order valence-electron chi connectivity index (χ3n) is 3.56. The van der Waals surface area contributed by atoms with Crippen molar-refractivity contribution >= 4 is 23.1 Å². The summed E-state index contributed by atoms with van der Waals surface area (Å²) >= 11 is 2.99. The number of tetrazole rings is 1. The number of nitrogens with zero attached hydrogens (tertiary/aromatic N) is 6. The summed E-state index contributed by atoms with van der Waals surface area (Å²) < 4.78 is 12.8. The van der Waals surface area contributed by atoms with Gasteiger partial charge in [0.05, 0.1) is 17.2 Å². The lowest BCUT2D eigenvalue weighted by molar-refractivity contribution is 0.410. The van der Waals surface area contributed by atoms with Gasteiger partial charge in [0, 0.05) is 0 Å². The standard InChI is InChI=1S/C16H14N6O2S2/c1-10(14-17-18-15(24-14)13-8-5-9-25-13)26-16-19-20-21-22(16)11-6-3-4-7-12(11)23-2/h3-10H,1-2H3/t10-/m0/s1. The van der Waals surface area contributed by atoms with Crippen LogP contribution in [0.5, 0.6) is 5.75 Å². The van der Waals surface area contributed by atoms with Crippen LogP contribution in [0.2, 0.25) is 0 Å². The van der Waals surface area contributed by atoms with Gasteiger partial charge >= 0.3 is 0 Å². The fraction of sp³-hybridized carbons (Fsp3) is 0.188. The number of methoxy groups -OCH3 is 1. The lowest BCUT2D eigenvalue weighted by Crippen LogP contribution is -2.02. The number of hydrogen-bond donors (Lipinski definition) is 0. The van der Waals surface area contributed by atoms with Crippen LogP contribution in [0.15, 0.2) is 51.4 Å². The Kier molecular flexibility index (Phi) is 4.67. The predicted molar refractivity (Wildman–Crippen MR) is 97.6 cm³/mol. The SMILES string of the molecule is COc1ccccc1-n1nnnc1S[C@@H](C)c1nnc(-c2cccs2)o1. The van der Waals surface area contributed by atoms with Crippen LogP contribution >= 0.6 is 23.1 Å². The molecule has 4 rings (SSSR count). The van der Waals surface area contributed by atoms with Crippen molar-refractivity contribution in [1.29, 1.82) is 0 Å². The average Bonchev–Trinajstić information content (AvgIpc) is 3.41. The van der Waals surface area contributed by atoms with Crippen LogP contribution in [0, 0.1) is 0 Å². The third kappa shape index (κ3) is 3.20. The molecule has 1 aromatic carbocycles. The lowest BCUT2D eigenvalue weighted by Gasteiger charge is -2.10. The number of ether oxygens (including phenoxy) is 1. The van der Waals surface area contributed by atoms with Crippen LogP contribution in [-0.2, 0) is 0 Å². The minimum atomic E-state index is -0.115. The van der Waals surface area contributed by atoms with Crippen LogP contribution in [-0.4, -0.2) is 37.5 Å². The molecule has 0 aliphatic heterocycles. The first-order valence-electron chi connectivity index (χ1n) is 7.72. The predicted octanol–water partition coefficient (Wildman–Crippen LogP) is 3.64. The van der Waals surface area contributed by atoms with Gasteiger partial charge in [-0.25, -0.2) is 0 Å². The minimum absolute atomic E-state index is 0.115. The molecular formula is C16H14N6O2S2. The zero-order valence-electron chi connectivity index (χ0n) is 13.9. The Morgan fingerprint density at radius 2 is 2.04 bits per heavy atom. The van der Waals surface area contributed by atoms with Gasteiger partial charge in [-0.05, 0) is 40.9 Å².